The first-order chi connectivity index (χ1) is 10.2. The third-order valence-electron chi connectivity index (χ3n) is 4.12. The van der Waals surface area contributed by atoms with Gasteiger partial charge in [-0.25, -0.2) is 0 Å². The molecule has 1 fully saturated rings. The lowest BCUT2D eigenvalue weighted by molar-refractivity contribution is -0.120. The summed E-state index contributed by atoms with van der Waals surface area (Å²) in [5.41, 5.74) is 2.55. The Morgan fingerprint density at radius 3 is 2.52 bits per heavy atom. The van der Waals surface area contributed by atoms with Crippen molar-refractivity contribution in [2.45, 2.75) is 24.7 Å². The third-order valence-corrected chi connectivity index (χ3v) is 4.61. The van der Waals surface area contributed by atoms with Crippen LogP contribution in [0.15, 0.2) is 59.1 Å². The number of amides is 1. The smallest absolute Gasteiger partial charge is 0.224 e. The van der Waals surface area contributed by atoms with Crippen molar-refractivity contribution in [3.8, 4) is 0 Å². The maximum absolute atomic E-state index is 12.1. The molecule has 0 aromatic heterocycles. The van der Waals surface area contributed by atoms with Crippen LogP contribution in [0, 0.1) is 0 Å². The van der Waals surface area contributed by atoms with Crippen LogP contribution in [0.3, 0.4) is 0 Å². The summed E-state index contributed by atoms with van der Waals surface area (Å²) in [7, 11) is 0. The molecule has 0 radical (unpaired) electrons. The van der Waals surface area contributed by atoms with Crippen LogP contribution in [0.1, 0.15) is 24.0 Å². The average molecular weight is 344 g/mol. The minimum Gasteiger partial charge on any atom is -0.355 e. The summed E-state index contributed by atoms with van der Waals surface area (Å²) in [6.07, 6.45) is 2.76. The molecule has 1 aliphatic carbocycles. The van der Waals surface area contributed by atoms with Crippen molar-refractivity contribution >= 4 is 21.8 Å². The molecule has 0 saturated heterocycles. The Morgan fingerprint density at radius 2 is 1.86 bits per heavy atom. The normalized spacial score (nSPS) is 15.5. The summed E-state index contributed by atoms with van der Waals surface area (Å²) in [6, 6.07) is 18.4. The summed E-state index contributed by atoms with van der Waals surface area (Å²) in [5.74, 6) is 0.0929. The molecular formula is C18H18BrNO. The first-order valence-corrected chi connectivity index (χ1v) is 8.04. The quantitative estimate of drug-likeness (QED) is 0.877. The van der Waals surface area contributed by atoms with Crippen molar-refractivity contribution in [3.05, 3.63) is 70.2 Å². The van der Waals surface area contributed by atoms with Crippen molar-refractivity contribution in [1.82, 2.24) is 5.32 Å². The fourth-order valence-corrected chi connectivity index (χ4v) is 3.12. The van der Waals surface area contributed by atoms with E-state index in [1.165, 1.54) is 5.56 Å². The maximum Gasteiger partial charge on any atom is 0.224 e. The third kappa shape index (κ3) is 3.53. The Kier molecular flexibility index (Phi) is 4.11. The molecule has 2 nitrogen and oxygen atoms in total. The van der Waals surface area contributed by atoms with Gasteiger partial charge in [0.05, 0.1) is 6.42 Å². The second kappa shape index (κ2) is 6.02. The van der Waals surface area contributed by atoms with Crippen molar-refractivity contribution < 1.29 is 4.79 Å². The van der Waals surface area contributed by atoms with Crippen LogP contribution in [0.25, 0.3) is 0 Å². The molecule has 1 aliphatic rings. The molecule has 0 atom stereocenters. The van der Waals surface area contributed by atoms with Gasteiger partial charge in [-0.15, -0.1) is 0 Å². The van der Waals surface area contributed by atoms with E-state index < -0.39 is 0 Å². The highest BCUT2D eigenvalue weighted by molar-refractivity contribution is 9.10. The van der Waals surface area contributed by atoms with E-state index in [-0.39, 0.29) is 11.3 Å². The number of benzene rings is 2. The van der Waals surface area contributed by atoms with Gasteiger partial charge >= 0.3 is 0 Å². The zero-order valence-corrected chi connectivity index (χ0v) is 13.4. The van der Waals surface area contributed by atoms with Crippen LogP contribution in [-0.2, 0) is 16.6 Å². The zero-order chi connectivity index (χ0) is 14.7. The molecule has 3 heteroatoms. The topological polar surface area (TPSA) is 29.1 Å². The molecule has 108 valence electrons. The molecule has 2 aromatic carbocycles. The Balaban J connectivity index is 1.57. The fraction of sp³-hybridized carbons (Fsp3) is 0.278. The standard InChI is InChI=1S/C18H18BrNO/c19-16-8-4-5-14(11-16)12-17(21)20-13-18(9-10-18)15-6-2-1-3-7-15/h1-8,11H,9-10,12-13H2,(H,20,21). The molecule has 1 N–H and O–H groups in total. The van der Waals surface area contributed by atoms with Gasteiger partial charge in [0.15, 0.2) is 0 Å². The van der Waals surface area contributed by atoms with Gasteiger partial charge in [0, 0.05) is 16.4 Å². The molecule has 1 saturated carbocycles. The second-order valence-electron chi connectivity index (χ2n) is 5.73. The van der Waals surface area contributed by atoms with E-state index in [0.717, 1.165) is 29.4 Å². The number of carbonyl (C=O) groups is 1. The van der Waals surface area contributed by atoms with E-state index in [4.69, 9.17) is 0 Å². The van der Waals surface area contributed by atoms with Crippen LogP contribution in [0.5, 0.6) is 0 Å². The summed E-state index contributed by atoms with van der Waals surface area (Å²) in [6.45, 7) is 0.740. The van der Waals surface area contributed by atoms with Gasteiger partial charge in [-0.1, -0.05) is 58.4 Å². The van der Waals surface area contributed by atoms with Crippen LogP contribution in [0.4, 0.5) is 0 Å². The molecule has 21 heavy (non-hydrogen) atoms. The van der Waals surface area contributed by atoms with Crippen LogP contribution < -0.4 is 5.32 Å². The molecule has 0 aliphatic heterocycles. The van der Waals surface area contributed by atoms with E-state index in [9.17, 15) is 4.79 Å². The van der Waals surface area contributed by atoms with Crippen molar-refractivity contribution in [2.24, 2.45) is 0 Å². The highest BCUT2D eigenvalue weighted by atomic mass is 79.9. The number of halogens is 1. The molecule has 0 bridgehead atoms. The summed E-state index contributed by atoms with van der Waals surface area (Å²) in [5, 5.41) is 3.10. The van der Waals surface area contributed by atoms with Gasteiger partial charge in [-0.05, 0) is 36.1 Å². The van der Waals surface area contributed by atoms with Gasteiger partial charge in [-0.3, -0.25) is 4.79 Å². The lowest BCUT2D eigenvalue weighted by atomic mass is 9.96. The maximum atomic E-state index is 12.1. The molecule has 0 heterocycles. The number of nitrogens with one attached hydrogen (secondary N) is 1. The molecule has 0 unspecified atom stereocenters. The SMILES string of the molecule is O=C(Cc1cccc(Br)c1)NCC1(c2ccccc2)CC1. The zero-order valence-electron chi connectivity index (χ0n) is 11.8. The number of hydrogen-bond donors (Lipinski definition) is 1. The fourth-order valence-electron chi connectivity index (χ4n) is 2.67. The Morgan fingerprint density at radius 1 is 1.10 bits per heavy atom. The lowest BCUT2D eigenvalue weighted by Crippen LogP contribution is -2.33. The van der Waals surface area contributed by atoms with E-state index in [1.54, 1.807) is 0 Å². The summed E-state index contributed by atoms with van der Waals surface area (Å²) < 4.78 is 1.01. The highest BCUT2D eigenvalue weighted by Crippen LogP contribution is 2.47. The number of carbonyl (C=O) groups excluding carboxylic acids is 1. The van der Waals surface area contributed by atoms with Gasteiger partial charge in [0.25, 0.3) is 0 Å². The largest absolute Gasteiger partial charge is 0.355 e. The molecule has 3 rings (SSSR count). The lowest BCUT2D eigenvalue weighted by Gasteiger charge is -2.16. The predicted octanol–water partition coefficient (Wildman–Crippen LogP) is 3.84. The summed E-state index contributed by atoms with van der Waals surface area (Å²) >= 11 is 3.43. The average Bonchev–Trinajstić information content (AvgIpc) is 3.27. The van der Waals surface area contributed by atoms with Gasteiger partial charge in [-0.2, -0.15) is 0 Å². The Hall–Kier alpha value is -1.61. The molecule has 1 amide bonds. The molecule has 2 aromatic rings. The van der Waals surface area contributed by atoms with Crippen LogP contribution in [0.2, 0.25) is 0 Å². The van der Waals surface area contributed by atoms with Crippen molar-refractivity contribution in [2.75, 3.05) is 6.54 Å². The van der Waals surface area contributed by atoms with Gasteiger partial charge in [0.1, 0.15) is 0 Å². The van der Waals surface area contributed by atoms with Crippen molar-refractivity contribution in [3.63, 3.8) is 0 Å². The monoisotopic (exact) mass is 343 g/mol. The van der Waals surface area contributed by atoms with Crippen LogP contribution >= 0.6 is 15.9 Å². The van der Waals surface area contributed by atoms with E-state index in [0.29, 0.717) is 6.42 Å². The van der Waals surface area contributed by atoms with Crippen LogP contribution in [-0.4, -0.2) is 12.5 Å². The van der Waals surface area contributed by atoms with E-state index >= 15 is 0 Å². The molecule has 0 spiro atoms. The Labute approximate surface area is 133 Å². The second-order valence-corrected chi connectivity index (χ2v) is 6.65. The highest BCUT2D eigenvalue weighted by Gasteiger charge is 2.44. The van der Waals surface area contributed by atoms with E-state index in [1.807, 2.05) is 30.3 Å². The van der Waals surface area contributed by atoms with Gasteiger partial charge in [0.2, 0.25) is 5.91 Å². The first kappa shape index (κ1) is 14.3. The predicted molar refractivity (Wildman–Crippen MR) is 88.2 cm³/mol. The Bertz CT molecular complexity index is 635. The van der Waals surface area contributed by atoms with Crippen molar-refractivity contribution in [1.29, 1.82) is 0 Å². The van der Waals surface area contributed by atoms with E-state index in [2.05, 4.69) is 45.5 Å². The minimum atomic E-state index is 0.0929. The van der Waals surface area contributed by atoms with Gasteiger partial charge < -0.3 is 5.32 Å². The number of hydrogen-bond acceptors (Lipinski definition) is 1. The number of rotatable bonds is 5. The molecular weight excluding hydrogens is 326 g/mol. The first-order valence-electron chi connectivity index (χ1n) is 7.25. The summed E-state index contributed by atoms with van der Waals surface area (Å²) in [4.78, 5) is 12.1. The minimum absolute atomic E-state index is 0.0929.